The van der Waals surface area contributed by atoms with Crippen molar-refractivity contribution in [1.29, 1.82) is 0 Å². The number of aromatic nitrogens is 3. The summed E-state index contributed by atoms with van der Waals surface area (Å²) in [6.07, 6.45) is 1.54. The summed E-state index contributed by atoms with van der Waals surface area (Å²) in [5.41, 5.74) is 0. The number of nitrogens with zero attached hydrogens (tertiary/aromatic N) is 4. The summed E-state index contributed by atoms with van der Waals surface area (Å²) in [5, 5.41) is 10.5. The molecule has 3 rings (SSSR count). The maximum absolute atomic E-state index is 12.2. The Labute approximate surface area is 141 Å². The van der Waals surface area contributed by atoms with Crippen LogP contribution in [0, 0.1) is 0 Å². The van der Waals surface area contributed by atoms with Gasteiger partial charge in [0.15, 0.2) is 5.76 Å². The second-order valence-electron chi connectivity index (χ2n) is 4.77. The van der Waals surface area contributed by atoms with Gasteiger partial charge in [-0.25, -0.2) is 4.68 Å². The number of hydrogen-bond donors (Lipinski definition) is 1. The lowest BCUT2D eigenvalue weighted by molar-refractivity contribution is -0.127. The number of hydrogen-bond acceptors (Lipinski definition) is 7. The van der Waals surface area contributed by atoms with Crippen LogP contribution in [0.1, 0.15) is 4.88 Å². The Kier molecular flexibility index (Phi) is 4.68. The largest absolute Gasteiger partial charge is 0.461 e. The Balaban J connectivity index is 1.59. The Morgan fingerprint density at radius 1 is 1.43 bits per heavy atom. The molecule has 0 aliphatic rings. The summed E-state index contributed by atoms with van der Waals surface area (Å²) in [4.78, 5) is 15.0. The first-order valence-electron chi connectivity index (χ1n) is 6.78. The third-order valence-electron chi connectivity index (χ3n) is 3.13. The number of carbonyl (C=O) groups is 1. The number of thiophene rings is 1. The summed E-state index contributed by atoms with van der Waals surface area (Å²) < 4.78 is 6.58. The van der Waals surface area contributed by atoms with Crippen LogP contribution in [0.2, 0.25) is 0 Å². The van der Waals surface area contributed by atoms with Crippen molar-refractivity contribution in [2.45, 2.75) is 11.7 Å². The minimum absolute atomic E-state index is 0.00551. The lowest BCUT2D eigenvalue weighted by Gasteiger charge is -2.15. The first-order valence-corrected chi connectivity index (χ1v) is 8.65. The second kappa shape index (κ2) is 6.88. The van der Waals surface area contributed by atoms with Crippen molar-refractivity contribution >= 4 is 29.0 Å². The topological polar surface area (TPSA) is 90.2 Å². The molecule has 0 aliphatic carbocycles. The third kappa shape index (κ3) is 3.57. The maximum Gasteiger partial charge on any atom is 0.233 e. The van der Waals surface area contributed by atoms with Crippen LogP contribution in [0.5, 0.6) is 0 Å². The van der Waals surface area contributed by atoms with E-state index in [1.165, 1.54) is 16.4 Å². The number of rotatable bonds is 6. The third-order valence-corrected chi connectivity index (χ3v) is 4.92. The molecule has 0 aromatic carbocycles. The number of nitrogen functional groups attached to an aromatic ring is 1. The molecular formula is C14H15N5O2S2. The van der Waals surface area contributed by atoms with E-state index >= 15 is 0 Å². The predicted molar refractivity (Wildman–Crippen MR) is 89.4 cm³/mol. The van der Waals surface area contributed by atoms with Gasteiger partial charge < -0.3 is 15.2 Å². The predicted octanol–water partition coefficient (Wildman–Crippen LogP) is 2.06. The fourth-order valence-electron chi connectivity index (χ4n) is 1.91. The van der Waals surface area contributed by atoms with E-state index in [1.807, 2.05) is 17.5 Å². The van der Waals surface area contributed by atoms with Crippen molar-refractivity contribution in [1.82, 2.24) is 19.8 Å². The average molecular weight is 349 g/mol. The smallest absolute Gasteiger partial charge is 0.233 e. The van der Waals surface area contributed by atoms with Crippen molar-refractivity contribution in [3.63, 3.8) is 0 Å². The normalized spacial score (nSPS) is 10.8. The van der Waals surface area contributed by atoms with Gasteiger partial charge in [-0.15, -0.1) is 21.5 Å². The zero-order valence-electron chi connectivity index (χ0n) is 12.4. The molecule has 3 aromatic rings. The van der Waals surface area contributed by atoms with Crippen LogP contribution in [0.15, 0.2) is 45.5 Å². The maximum atomic E-state index is 12.2. The number of amides is 1. The number of furan rings is 1. The quantitative estimate of drug-likeness (QED) is 0.541. The average Bonchev–Trinajstić information content (AvgIpc) is 3.26. The molecule has 0 unspecified atom stereocenters. The molecule has 0 saturated carbocycles. The van der Waals surface area contributed by atoms with Crippen LogP contribution < -0.4 is 5.84 Å². The van der Waals surface area contributed by atoms with E-state index in [0.29, 0.717) is 23.3 Å². The van der Waals surface area contributed by atoms with Crippen molar-refractivity contribution < 1.29 is 9.21 Å². The highest BCUT2D eigenvalue weighted by Crippen LogP contribution is 2.22. The first kappa shape index (κ1) is 15.6. The molecule has 0 atom stereocenters. The highest BCUT2D eigenvalue weighted by molar-refractivity contribution is 7.99. The molecule has 3 aromatic heterocycles. The number of thioether (sulfide) groups is 1. The molecule has 0 spiro atoms. The molecule has 1 amide bonds. The highest BCUT2D eigenvalue weighted by atomic mass is 32.2. The van der Waals surface area contributed by atoms with Crippen molar-refractivity contribution in [3.8, 4) is 11.6 Å². The highest BCUT2D eigenvalue weighted by Gasteiger charge is 2.17. The fraction of sp³-hybridized carbons (Fsp3) is 0.214. The standard InChI is InChI=1S/C14H15N5O2S2/c1-18(8-10-4-3-7-22-10)12(20)9-23-14-17-16-13(19(14)15)11-5-2-6-21-11/h2-7H,8-9,15H2,1H3. The van der Waals surface area contributed by atoms with E-state index in [1.54, 1.807) is 41.7 Å². The lowest BCUT2D eigenvalue weighted by Crippen LogP contribution is -2.27. The molecule has 0 fully saturated rings. The van der Waals surface area contributed by atoms with E-state index in [2.05, 4.69) is 10.2 Å². The molecule has 2 N–H and O–H groups in total. The van der Waals surface area contributed by atoms with Crippen LogP contribution in [0.25, 0.3) is 11.6 Å². The Hall–Kier alpha value is -2.26. The monoisotopic (exact) mass is 349 g/mol. The SMILES string of the molecule is CN(Cc1cccs1)C(=O)CSc1nnc(-c2ccco2)n1N. The molecule has 0 bridgehead atoms. The van der Waals surface area contributed by atoms with Gasteiger partial charge >= 0.3 is 0 Å². The second-order valence-corrected chi connectivity index (χ2v) is 6.75. The zero-order chi connectivity index (χ0) is 16.2. The van der Waals surface area contributed by atoms with Crippen LogP contribution in [-0.2, 0) is 11.3 Å². The van der Waals surface area contributed by atoms with Gasteiger partial charge in [0.25, 0.3) is 0 Å². The van der Waals surface area contributed by atoms with Gasteiger partial charge in [0.1, 0.15) is 0 Å². The lowest BCUT2D eigenvalue weighted by atomic mass is 10.4. The first-order chi connectivity index (χ1) is 11.1. The van der Waals surface area contributed by atoms with Crippen LogP contribution in [0.4, 0.5) is 0 Å². The molecule has 0 aliphatic heterocycles. The molecule has 23 heavy (non-hydrogen) atoms. The Morgan fingerprint density at radius 2 is 2.30 bits per heavy atom. The van der Waals surface area contributed by atoms with Gasteiger partial charge in [-0.1, -0.05) is 17.8 Å². The number of carbonyl (C=O) groups excluding carboxylic acids is 1. The Morgan fingerprint density at radius 3 is 3.00 bits per heavy atom. The number of nitrogens with two attached hydrogens (primary N) is 1. The molecule has 120 valence electrons. The summed E-state index contributed by atoms with van der Waals surface area (Å²) >= 11 is 2.88. The summed E-state index contributed by atoms with van der Waals surface area (Å²) in [6, 6.07) is 7.48. The molecule has 9 heteroatoms. The molecule has 7 nitrogen and oxygen atoms in total. The van der Waals surface area contributed by atoms with E-state index in [4.69, 9.17) is 10.3 Å². The molecule has 0 saturated heterocycles. The van der Waals surface area contributed by atoms with Crippen LogP contribution >= 0.6 is 23.1 Å². The molecular weight excluding hydrogens is 334 g/mol. The van der Waals surface area contributed by atoms with Gasteiger partial charge in [0.05, 0.1) is 18.6 Å². The van der Waals surface area contributed by atoms with Gasteiger partial charge in [0, 0.05) is 11.9 Å². The van der Waals surface area contributed by atoms with Gasteiger partial charge in [0.2, 0.25) is 16.9 Å². The van der Waals surface area contributed by atoms with Crippen LogP contribution in [0.3, 0.4) is 0 Å². The van der Waals surface area contributed by atoms with E-state index < -0.39 is 0 Å². The van der Waals surface area contributed by atoms with Crippen LogP contribution in [-0.4, -0.2) is 38.5 Å². The van der Waals surface area contributed by atoms with Gasteiger partial charge in [-0.05, 0) is 23.6 Å². The van der Waals surface area contributed by atoms with Gasteiger partial charge in [-0.3, -0.25) is 4.79 Å². The van der Waals surface area contributed by atoms with E-state index in [0.717, 1.165) is 4.88 Å². The Bertz CT molecular complexity index is 767. The van der Waals surface area contributed by atoms with E-state index in [9.17, 15) is 4.79 Å². The minimum Gasteiger partial charge on any atom is -0.461 e. The zero-order valence-corrected chi connectivity index (χ0v) is 14.0. The molecule has 3 heterocycles. The minimum atomic E-state index is 0.00551. The summed E-state index contributed by atoms with van der Waals surface area (Å²) in [5.74, 6) is 7.17. The van der Waals surface area contributed by atoms with Crippen molar-refractivity contribution in [2.24, 2.45) is 0 Å². The summed E-state index contributed by atoms with van der Waals surface area (Å²) in [6.45, 7) is 0.601. The summed E-state index contributed by atoms with van der Waals surface area (Å²) in [7, 11) is 1.78. The van der Waals surface area contributed by atoms with Gasteiger partial charge in [-0.2, -0.15) is 0 Å². The molecule has 0 radical (unpaired) electrons. The van der Waals surface area contributed by atoms with E-state index in [-0.39, 0.29) is 11.7 Å². The fourth-order valence-corrected chi connectivity index (χ4v) is 3.46. The van der Waals surface area contributed by atoms with Crippen molar-refractivity contribution in [2.75, 3.05) is 18.6 Å². The van der Waals surface area contributed by atoms with Crippen molar-refractivity contribution in [3.05, 3.63) is 40.8 Å².